The van der Waals surface area contributed by atoms with Crippen molar-refractivity contribution in [2.24, 2.45) is 5.73 Å². The van der Waals surface area contributed by atoms with Crippen molar-refractivity contribution < 1.29 is 0 Å². The maximum absolute atomic E-state index is 5.71. The zero-order valence-corrected chi connectivity index (χ0v) is 9.07. The Hall–Kier alpha value is -1.48. The van der Waals surface area contributed by atoms with Crippen molar-refractivity contribution in [3.63, 3.8) is 0 Å². The van der Waals surface area contributed by atoms with Crippen LogP contribution in [0.15, 0.2) is 30.3 Å². The fourth-order valence-corrected chi connectivity index (χ4v) is 1.42. The zero-order chi connectivity index (χ0) is 10.9. The van der Waals surface area contributed by atoms with Gasteiger partial charge in [0.05, 0.1) is 11.2 Å². The molecular weight excluding hydrogens is 186 g/mol. The molecule has 0 spiro atoms. The van der Waals surface area contributed by atoms with E-state index in [1.165, 1.54) is 0 Å². The molecule has 3 nitrogen and oxygen atoms in total. The van der Waals surface area contributed by atoms with Crippen molar-refractivity contribution in [2.75, 3.05) is 6.54 Å². The molecule has 0 unspecified atom stereocenters. The largest absolute Gasteiger partial charge is 0.330 e. The molecule has 78 valence electrons. The molecule has 15 heavy (non-hydrogen) atoms. The lowest BCUT2D eigenvalue weighted by atomic mass is 9.89. The van der Waals surface area contributed by atoms with Crippen molar-refractivity contribution in [2.45, 2.75) is 19.3 Å². The van der Waals surface area contributed by atoms with E-state index in [0.29, 0.717) is 6.54 Å². The third-order valence-corrected chi connectivity index (χ3v) is 2.70. The predicted octanol–water partition coefficient (Wildman–Crippen LogP) is 1.87. The summed E-state index contributed by atoms with van der Waals surface area (Å²) in [5.41, 5.74) is 7.47. The molecule has 1 aromatic heterocycles. The summed E-state index contributed by atoms with van der Waals surface area (Å²) in [6.07, 6.45) is 0. The summed E-state index contributed by atoms with van der Waals surface area (Å²) in [6.45, 7) is 4.72. The van der Waals surface area contributed by atoms with E-state index in [4.69, 9.17) is 5.73 Å². The molecular formula is C12H15N3. The topological polar surface area (TPSA) is 51.8 Å². The fraction of sp³-hybridized carbons (Fsp3) is 0.333. The normalized spacial score (nSPS) is 11.9. The second-order valence-corrected chi connectivity index (χ2v) is 4.38. The second-order valence-electron chi connectivity index (χ2n) is 4.38. The van der Waals surface area contributed by atoms with E-state index in [1.54, 1.807) is 0 Å². The first-order chi connectivity index (χ1) is 7.13. The third-order valence-electron chi connectivity index (χ3n) is 2.70. The third kappa shape index (κ3) is 1.83. The van der Waals surface area contributed by atoms with Gasteiger partial charge in [-0.2, -0.15) is 10.2 Å². The molecule has 2 aromatic rings. The Labute approximate surface area is 89.3 Å². The van der Waals surface area contributed by atoms with Gasteiger partial charge < -0.3 is 5.73 Å². The first-order valence-electron chi connectivity index (χ1n) is 5.06. The maximum atomic E-state index is 5.71. The predicted molar refractivity (Wildman–Crippen MR) is 61.6 cm³/mol. The average Bonchev–Trinajstić information content (AvgIpc) is 2.28. The Morgan fingerprint density at radius 3 is 2.67 bits per heavy atom. The summed E-state index contributed by atoms with van der Waals surface area (Å²) in [5.74, 6) is 0. The van der Waals surface area contributed by atoms with Gasteiger partial charge in [0, 0.05) is 17.3 Å². The van der Waals surface area contributed by atoms with Crippen molar-refractivity contribution >= 4 is 10.9 Å². The first-order valence-corrected chi connectivity index (χ1v) is 5.06. The summed E-state index contributed by atoms with van der Waals surface area (Å²) in [4.78, 5) is 0. The molecule has 0 amide bonds. The number of nitrogens with zero attached hydrogens (tertiary/aromatic N) is 2. The number of aromatic nitrogens is 2. The first kappa shape index (κ1) is 10.1. The van der Waals surface area contributed by atoms with Crippen molar-refractivity contribution in [3.8, 4) is 0 Å². The molecule has 0 radical (unpaired) electrons. The van der Waals surface area contributed by atoms with Gasteiger partial charge in [0.1, 0.15) is 0 Å². The molecule has 0 aliphatic heterocycles. The Balaban J connectivity index is 2.56. The Morgan fingerprint density at radius 2 is 1.93 bits per heavy atom. The number of hydrogen-bond acceptors (Lipinski definition) is 3. The summed E-state index contributed by atoms with van der Waals surface area (Å²) >= 11 is 0. The minimum atomic E-state index is -0.114. The van der Waals surface area contributed by atoms with Crippen LogP contribution >= 0.6 is 0 Å². The van der Waals surface area contributed by atoms with Crippen LogP contribution in [-0.2, 0) is 5.41 Å². The van der Waals surface area contributed by atoms with Gasteiger partial charge in [-0.15, -0.1) is 0 Å². The lowest BCUT2D eigenvalue weighted by Crippen LogP contribution is -2.29. The molecule has 0 fully saturated rings. The van der Waals surface area contributed by atoms with E-state index in [0.717, 1.165) is 16.6 Å². The molecule has 2 N–H and O–H groups in total. The maximum Gasteiger partial charge on any atom is 0.0929 e. The van der Waals surface area contributed by atoms with Crippen LogP contribution in [0, 0.1) is 0 Å². The molecule has 0 atom stereocenters. The molecule has 3 heteroatoms. The van der Waals surface area contributed by atoms with Crippen LogP contribution in [0.25, 0.3) is 10.9 Å². The highest BCUT2D eigenvalue weighted by atomic mass is 15.1. The fourth-order valence-electron chi connectivity index (χ4n) is 1.42. The van der Waals surface area contributed by atoms with E-state index in [1.807, 2.05) is 24.3 Å². The van der Waals surface area contributed by atoms with Gasteiger partial charge in [0.15, 0.2) is 0 Å². The number of hydrogen-bond donors (Lipinski definition) is 1. The quantitative estimate of drug-likeness (QED) is 0.807. The van der Waals surface area contributed by atoms with Crippen LogP contribution in [0.1, 0.15) is 19.5 Å². The lowest BCUT2D eigenvalue weighted by Gasteiger charge is -2.20. The summed E-state index contributed by atoms with van der Waals surface area (Å²) in [5, 5.41) is 9.52. The number of benzene rings is 1. The molecule has 0 saturated heterocycles. The molecule has 1 heterocycles. The van der Waals surface area contributed by atoms with Crippen LogP contribution in [-0.4, -0.2) is 16.7 Å². The minimum absolute atomic E-state index is 0.114. The van der Waals surface area contributed by atoms with Gasteiger partial charge in [-0.3, -0.25) is 0 Å². The SMILES string of the molecule is CC(C)(CN)c1cc2ccccc2nn1. The van der Waals surface area contributed by atoms with Gasteiger partial charge in [0.2, 0.25) is 0 Å². The summed E-state index contributed by atoms with van der Waals surface area (Å²) < 4.78 is 0. The van der Waals surface area contributed by atoms with Crippen molar-refractivity contribution in [3.05, 3.63) is 36.0 Å². The van der Waals surface area contributed by atoms with Gasteiger partial charge in [-0.05, 0) is 12.1 Å². The van der Waals surface area contributed by atoms with Gasteiger partial charge in [-0.1, -0.05) is 32.0 Å². The highest BCUT2D eigenvalue weighted by molar-refractivity contribution is 5.78. The molecule has 0 saturated carbocycles. The van der Waals surface area contributed by atoms with Crippen LogP contribution in [0.4, 0.5) is 0 Å². The van der Waals surface area contributed by atoms with E-state index in [2.05, 4.69) is 30.1 Å². The Kier molecular flexibility index (Phi) is 2.40. The van der Waals surface area contributed by atoms with E-state index < -0.39 is 0 Å². The number of nitrogens with two attached hydrogens (primary N) is 1. The standard InChI is InChI=1S/C12H15N3/c1-12(2,8-13)11-7-9-5-3-4-6-10(9)14-15-11/h3-7H,8,13H2,1-2H3. The molecule has 0 bridgehead atoms. The number of fused-ring (bicyclic) bond motifs is 1. The monoisotopic (exact) mass is 201 g/mol. The molecule has 2 rings (SSSR count). The summed E-state index contributed by atoms with van der Waals surface area (Å²) in [7, 11) is 0. The van der Waals surface area contributed by atoms with Crippen LogP contribution < -0.4 is 5.73 Å². The van der Waals surface area contributed by atoms with Gasteiger partial charge in [0.25, 0.3) is 0 Å². The van der Waals surface area contributed by atoms with Crippen LogP contribution in [0.2, 0.25) is 0 Å². The second kappa shape index (κ2) is 3.59. The minimum Gasteiger partial charge on any atom is -0.330 e. The van der Waals surface area contributed by atoms with Crippen LogP contribution in [0.3, 0.4) is 0 Å². The zero-order valence-electron chi connectivity index (χ0n) is 9.07. The van der Waals surface area contributed by atoms with Gasteiger partial charge >= 0.3 is 0 Å². The Bertz CT molecular complexity index is 477. The highest BCUT2D eigenvalue weighted by Crippen LogP contribution is 2.21. The average molecular weight is 201 g/mol. The smallest absolute Gasteiger partial charge is 0.0929 e. The van der Waals surface area contributed by atoms with E-state index in [-0.39, 0.29) is 5.41 Å². The number of rotatable bonds is 2. The molecule has 0 aliphatic carbocycles. The van der Waals surface area contributed by atoms with Crippen molar-refractivity contribution in [1.82, 2.24) is 10.2 Å². The molecule has 1 aromatic carbocycles. The van der Waals surface area contributed by atoms with E-state index in [9.17, 15) is 0 Å². The molecule has 0 aliphatic rings. The van der Waals surface area contributed by atoms with Crippen molar-refractivity contribution in [1.29, 1.82) is 0 Å². The summed E-state index contributed by atoms with van der Waals surface area (Å²) in [6, 6.07) is 10.0. The highest BCUT2D eigenvalue weighted by Gasteiger charge is 2.20. The van der Waals surface area contributed by atoms with E-state index >= 15 is 0 Å². The van der Waals surface area contributed by atoms with Crippen LogP contribution in [0.5, 0.6) is 0 Å². The lowest BCUT2D eigenvalue weighted by molar-refractivity contribution is 0.516. The Morgan fingerprint density at radius 1 is 1.20 bits per heavy atom. The van der Waals surface area contributed by atoms with Gasteiger partial charge in [-0.25, -0.2) is 0 Å².